The van der Waals surface area contributed by atoms with Gasteiger partial charge in [-0.2, -0.15) is 0 Å². The molecular weight excluding hydrogens is 250 g/mol. The van der Waals surface area contributed by atoms with E-state index in [1.165, 1.54) is 0 Å². The van der Waals surface area contributed by atoms with E-state index in [9.17, 15) is 4.79 Å². The van der Waals surface area contributed by atoms with Gasteiger partial charge in [-0.25, -0.2) is 0 Å². The summed E-state index contributed by atoms with van der Waals surface area (Å²) < 4.78 is 5.25. The third kappa shape index (κ3) is 1.62. The van der Waals surface area contributed by atoms with Crippen molar-refractivity contribution in [3.8, 4) is 5.75 Å². The van der Waals surface area contributed by atoms with E-state index in [0.717, 1.165) is 29.1 Å². The molecule has 2 atom stereocenters. The van der Waals surface area contributed by atoms with Crippen molar-refractivity contribution in [2.24, 2.45) is 5.92 Å². The van der Waals surface area contributed by atoms with E-state index in [4.69, 9.17) is 16.3 Å². The number of hydrogen-bond acceptors (Lipinski definition) is 3. The Morgan fingerprint density at radius 1 is 1.50 bits per heavy atom. The molecule has 3 rings (SSSR count). The first-order valence-corrected chi connectivity index (χ1v) is 6.51. The van der Waals surface area contributed by atoms with Gasteiger partial charge in [-0.15, -0.1) is 11.6 Å². The van der Waals surface area contributed by atoms with Crippen LogP contribution in [0, 0.1) is 5.92 Å². The van der Waals surface area contributed by atoms with Gasteiger partial charge in [0.15, 0.2) is 5.78 Å². The first-order valence-electron chi connectivity index (χ1n) is 5.98. The first kappa shape index (κ1) is 11.6. The van der Waals surface area contributed by atoms with Crippen LogP contribution in [0.2, 0.25) is 0 Å². The Morgan fingerprint density at radius 2 is 2.33 bits per heavy atom. The van der Waals surface area contributed by atoms with Gasteiger partial charge in [-0.1, -0.05) is 0 Å². The summed E-state index contributed by atoms with van der Waals surface area (Å²) in [6.45, 7) is 0.823. The van der Waals surface area contributed by atoms with Gasteiger partial charge in [0, 0.05) is 41.6 Å². The molecule has 0 bridgehead atoms. The molecule has 0 radical (unpaired) electrons. The quantitative estimate of drug-likeness (QED) is 0.833. The number of nitrogens with one attached hydrogen (secondary N) is 1. The maximum atomic E-state index is 12.0. The molecule has 4 heteroatoms. The summed E-state index contributed by atoms with van der Waals surface area (Å²) in [6, 6.07) is 5.62. The van der Waals surface area contributed by atoms with Crippen LogP contribution in [0.15, 0.2) is 30.0 Å². The third-order valence-electron chi connectivity index (χ3n) is 3.72. The first-order chi connectivity index (χ1) is 8.74. The topological polar surface area (TPSA) is 38.3 Å². The Balaban J connectivity index is 2.14. The molecule has 1 aromatic rings. The van der Waals surface area contributed by atoms with E-state index >= 15 is 0 Å². The number of alkyl halides is 1. The summed E-state index contributed by atoms with van der Waals surface area (Å²) in [7, 11) is 1.63. The summed E-state index contributed by atoms with van der Waals surface area (Å²) in [4.78, 5) is 12.0. The summed E-state index contributed by atoms with van der Waals surface area (Å²) in [6.07, 6.45) is 1.70. The van der Waals surface area contributed by atoms with E-state index < -0.39 is 0 Å². The Hall–Kier alpha value is -1.48. The lowest BCUT2D eigenvalue weighted by molar-refractivity contribution is 0.104. The van der Waals surface area contributed by atoms with Crippen molar-refractivity contribution in [2.45, 2.75) is 5.92 Å². The van der Waals surface area contributed by atoms with Gasteiger partial charge in [-0.3, -0.25) is 4.79 Å². The molecule has 1 N–H and O–H groups in total. The molecular formula is C14H14ClNO2. The minimum Gasteiger partial charge on any atom is -0.497 e. The standard InChI is InChI=1S/C14H14ClNO2/c1-18-9-2-3-10-11(4-9)14-8(6-15)7-16-12(14)5-13(10)17/h2-5,8,14,16H,6-7H2,1H3/t8-,14?/m1/s1. The molecule has 2 aliphatic rings. The van der Waals surface area contributed by atoms with E-state index in [2.05, 4.69) is 5.32 Å². The number of carbonyl (C=O) groups is 1. The Bertz CT molecular complexity index is 539. The van der Waals surface area contributed by atoms with Crippen LogP contribution in [0.5, 0.6) is 5.75 Å². The Morgan fingerprint density at radius 3 is 3.06 bits per heavy atom. The minimum absolute atomic E-state index is 0.0571. The molecule has 0 amide bonds. The molecule has 94 valence electrons. The van der Waals surface area contributed by atoms with Crippen LogP contribution >= 0.6 is 11.6 Å². The number of carbonyl (C=O) groups excluding carboxylic acids is 1. The van der Waals surface area contributed by atoms with E-state index in [0.29, 0.717) is 11.8 Å². The van der Waals surface area contributed by atoms with E-state index in [1.54, 1.807) is 13.2 Å². The van der Waals surface area contributed by atoms with Crippen molar-refractivity contribution in [1.82, 2.24) is 5.32 Å². The molecule has 1 aliphatic heterocycles. The Kier molecular flexibility index (Phi) is 2.78. The molecule has 1 aliphatic carbocycles. The van der Waals surface area contributed by atoms with Crippen LogP contribution < -0.4 is 10.1 Å². The lowest BCUT2D eigenvalue weighted by Gasteiger charge is -2.24. The number of halogens is 1. The third-order valence-corrected chi connectivity index (χ3v) is 4.12. The average molecular weight is 264 g/mol. The maximum absolute atomic E-state index is 12.0. The van der Waals surface area contributed by atoms with Crippen molar-refractivity contribution < 1.29 is 9.53 Å². The minimum atomic E-state index is 0.0571. The molecule has 0 aromatic heterocycles. The van der Waals surface area contributed by atoms with Gasteiger partial charge in [0.25, 0.3) is 0 Å². The number of fused-ring (bicyclic) bond motifs is 3. The number of ketones is 1. The highest BCUT2D eigenvalue weighted by atomic mass is 35.5. The second-order valence-corrected chi connectivity index (χ2v) is 5.00. The van der Waals surface area contributed by atoms with Crippen LogP contribution in [0.25, 0.3) is 0 Å². The van der Waals surface area contributed by atoms with Crippen molar-refractivity contribution >= 4 is 17.4 Å². The smallest absolute Gasteiger partial charge is 0.187 e. The fourth-order valence-electron chi connectivity index (χ4n) is 2.81. The molecule has 1 saturated heterocycles. The van der Waals surface area contributed by atoms with Crippen molar-refractivity contribution in [1.29, 1.82) is 0 Å². The largest absolute Gasteiger partial charge is 0.497 e. The number of ether oxygens (including phenoxy) is 1. The lowest BCUT2D eigenvalue weighted by atomic mass is 9.80. The van der Waals surface area contributed by atoms with Gasteiger partial charge < -0.3 is 10.1 Å². The van der Waals surface area contributed by atoms with Crippen LogP contribution in [-0.2, 0) is 0 Å². The second-order valence-electron chi connectivity index (χ2n) is 4.69. The lowest BCUT2D eigenvalue weighted by Crippen LogP contribution is -2.19. The zero-order valence-electron chi connectivity index (χ0n) is 10.1. The predicted molar refractivity (Wildman–Crippen MR) is 70.4 cm³/mol. The number of benzene rings is 1. The molecule has 1 heterocycles. The SMILES string of the molecule is COc1ccc2c(c1)C1C(=CC2=O)NC[C@H]1CCl. The van der Waals surface area contributed by atoms with Crippen LogP contribution in [0.1, 0.15) is 21.8 Å². The summed E-state index contributed by atoms with van der Waals surface area (Å²) in [5.41, 5.74) is 2.79. The van der Waals surface area contributed by atoms with Gasteiger partial charge in [0.2, 0.25) is 0 Å². The Labute approximate surface area is 111 Å². The van der Waals surface area contributed by atoms with Gasteiger partial charge in [0.1, 0.15) is 5.75 Å². The molecule has 3 nitrogen and oxygen atoms in total. The molecule has 18 heavy (non-hydrogen) atoms. The zero-order chi connectivity index (χ0) is 12.7. The molecule has 1 aromatic carbocycles. The highest BCUT2D eigenvalue weighted by molar-refractivity contribution is 6.18. The fraction of sp³-hybridized carbons (Fsp3) is 0.357. The fourth-order valence-corrected chi connectivity index (χ4v) is 3.09. The van der Waals surface area contributed by atoms with Crippen LogP contribution in [0.4, 0.5) is 0 Å². The number of methoxy groups -OCH3 is 1. The van der Waals surface area contributed by atoms with Gasteiger partial charge in [-0.05, 0) is 23.8 Å². The average Bonchev–Trinajstić information content (AvgIpc) is 2.81. The number of hydrogen-bond donors (Lipinski definition) is 1. The van der Waals surface area contributed by atoms with Gasteiger partial charge >= 0.3 is 0 Å². The monoisotopic (exact) mass is 263 g/mol. The summed E-state index contributed by atoms with van der Waals surface area (Å²) in [5, 5.41) is 3.28. The van der Waals surface area contributed by atoms with E-state index in [1.807, 2.05) is 18.2 Å². The summed E-state index contributed by atoms with van der Waals surface area (Å²) in [5.74, 6) is 1.95. The number of allylic oxidation sites excluding steroid dienone is 2. The van der Waals surface area contributed by atoms with E-state index in [-0.39, 0.29) is 11.7 Å². The van der Waals surface area contributed by atoms with Crippen molar-refractivity contribution in [2.75, 3.05) is 19.5 Å². The van der Waals surface area contributed by atoms with Crippen molar-refractivity contribution in [3.63, 3.8) is 0 Å². The molecule has 1 unspecified atom stereocenters. The predicted octanol–water partition coefficient (Wildman–Crippen LogP) is 2.32. The second kappa shape index (κ2) is 4.32. The van der Waals surface area contributed by atoms with Gasteiger partial charge in [0.05, 0.1) is 7.11 Å². The zero-order valence-corrected chi connectivity index (χ0v) is 10.8. The highest BCUT2D eigenvalue weighted by Crippen LogP contribution is 2.42. The molecule has 0 spiro atoms. The highest BCUT2D eigenvalue weighted by Gasteiger charge is 2.37. The molecule has 1 fully saturated rings. The molecule has 0 saturated carbocycles. The van der Waals surface area contributed by atoms with Crippen LogP contribution in [0.3, 0.4) is 0 Å². The van der Waals surface area contributed by atoms with Crippen LogP contribution in [-0.4, -0.2) is 25.3 Å². The number of rotatable bonds is 2. The van der Waals surface area contributed by atoms with Crippen molar-refractivity contribution in [3.05, 3.63) is 41.1 Å². The normalized spacial score (nSPS) is 25.0. The maximum Gasteiger partial charge on any atom is 0.187 e. The summed E-state index contributed by atoms with van der Waals surface area (Å²) >= 11 is 6.02.